The lowest BCUT2D eigenvalue weighted by Gasteiger charge is -2.23. The molecule has 20 heavy (non-hydrogen) atoms. The standard InChI is InChI=1S/C16H14O2S2/c17-13-9-12(11-5-2-1-3-6-11)10-14(18)16(13)20-15-7-4-8-19-15/h1-8,12,17H,9-10H2. The summed E-state index contributed by atoms with van der Waals surface area (Å²) in [4.78, 5) is 12.8. The fourth-order valence-electron chi connectivity index (χ4n) is 2.37. The predicted molar refractivity (Wildman–Crippen MR) is 83.3 cm³/mol. The van der Waals surface area contributed by atoms with Crippen molar-refractivity contribution in [1.29, 1.82) is 0 Å². The molecular weight excluding hydrogens is 288 g/mol. The molecule has 1 aromatic carbocycles. The van der Waals surface area contributed by atoms with Gasteiger partial charge in [0, 0.05) is 12.8 Å². The zero-order chi connectivity index (χ0) is 13.9. The molecule has 102 valence electrons. The Hall–Kier alpha value is -1.52. The van der Waals surface area contributed by atoms with E-state index in [4.69, 9.17) is 0 Å². The third-order valence-corrected chi connectivity index (χ3v) is 5.56. The SMILES string of the molecule is O=C1CC(c2ccccc2)CC(O)=C1Sc1cccs1. The summed E-state index contributed by atoms with van der Waals surface area (Å²) >= 11 is 2.97. The lowest BCUT2D eigenvalue weighted by Crippen LogP contribution is -2.16. The second-order valence-corrected chi connectivity index (χ2v) is 7.01. The number of allylic oxidation sites excluding steroid dienone is 2. The molecule has 0 bridgehead atoms. The maximum absolute atomic E-state index is 12.3. The minimum Gasteiger partial charge on any atom is -0.511 e. The van der Waals surface area contributed by atoms with Crippen molar-refractivity contribution in [3.8, 4) is 0 Å². The lowest BCUT2D eigenvalue weighted by atomic mass is 9.86. The van der Waals surface area contributed by atoms with Crippen LogP contribution in [0, 0.1) is 0 Å². The van der Waals surface area contributed by atoms with E-state index in [2.05, 4.69) is 0 Å². The van der Waals surface area contributed by atoms with Crippen molar-refractivity contribution in [3.05, 3.63) is 64.1 Å². The van der Waals surface area contributed by atoms with Crippen molar-refractivity contribution in [2.75, 3.05) is 0 Å². The number of benzene rings is 1. The molecule has 1 atom stereocenters. The van der Waals surface area contributed by atoms with Gasteiger partial charge in [0.1, 0.15) is 5.76 Å². The summed E-state index contributed by atoms with van der Waals surface area (Å²) in [6.45, 7) is 0. The minimum absolute atomic E-state index is 0.0426. The Morgan fingerprint density at radius 1 is 1.10 bits per heavy atom. The first kappa shape index (κ1) is 13.5. The molecule has 2 aromatic rings. The van der Waals surface area contributed by atoms with Gasteiger partial charge in [0.2, 0.25) is 0 Å². The predicted octanol–water partition coefficient (Wildman–Crippen LogP) is 4.76. The number of carbonyl (C=O) groups is 1. The zero-order valence-electron chi connectivity index (χ0n) is 10.8. The van der Waals surface area contributed by atoms with E-state index < -0.39 is 0 Å². The van der Waals surface area contributed by atoms with Gasteiger partial charge < -0.3 is 5.11 Å². The van der Waals surface area contributed by atoms with E-state index in [9.17, 15) is 9.90 Å². The Kier molecular flexibility index (Phi) is 3.94. The lowest BCUT2D eigenvalue weighted by molar-refractivity contribution is -0.115. The molecule has 1 unspecified atom stereocenters. The van der Waals surface area contributed by atoms with E-state index in [1.165, 1.54) is 11.8 Å². The number of carbonyl (C=O) groups excluding carboxylic acids is 1. The van der Waals surface area contributed by atoms with Crippen LogP contribution in [0.2, 0.25) is 0 Å². The number of hydrogen-bond acceptors (Lipinski definition) is 4. The highest BCUT2D eigenvalue weighted by molar-refractivity contribution is 8.05. The van der Waals surface area contributed by atoms with Crippen LogP contribution in [0.5, 0.6) is 0 Å². The quantitative estimate of drug-likeness (QED) is 0.888. The highest BCUT2D eigenvalue weighted by atomic mass is 32.2. The molecule has 0 amide bonds. The number of Topliss-reactive ketones (excluding diaryl/α,β-unsaturated/α-hetero) is 1. The summed E-state index contributed by atoms with van der Waals surface area (Å²) in [5.41, 5.74) is 1.12. The third-order valence-electron chi connectivity index (χ3n) is 3.36. The summed E-state index contributed by atoms with van der Waals surface area (Å²) in [5.74, 6) is 0.367. The second kappa shape index (κ2) is 5.85. The molecule has 0 saturated carbocycles. The Morgan fingerprint density at radius 2 is 1.90 bits per heavy atom. The van der Waals surface area contributed by atoms with E-state index in [1.54, 1.807) is 11.3 Å². The summed E-state index contributed by atoms with van der Waals surface area (Å²) in [5, 5.41) is 12.2. The van der Waals surface area contributed by atoms with Gasteiger partial charge >= 0.3 is 0 Å². The molecule has 0 aliphatic heterocycles. The molecule has 1 aliphatic carbocycles. The topological polar surface area (TPSA) is 37.3 Å². The summed E-state index contributed by atoms with van der Waals surface area (Å²) < 4.78 is 1.04. The van der Waals surface area contributed by atoms with Crippen LogP contribution in [0.25, 0.3) is 0 Å². The minimum atomic E-state index is 0.0426. The maximum atomic E-state index is 12.3. The van der Waals surface area contributed by atoms with Gasteiger partial charge in [-0.05, 0) is 22.9 Å². The molecule has 0 radical (unpaired) electrons. The van der Waals surface area contributed by atoms with Crippen LogP contribution < -0.4 is 0 Å². The number of ketones is 1. The number of hydrogen-bond donors (Lipinski definition) is 1. The molecule has 0 spiro atoms. The number of thioether (sulfide) groups is 1. The van der Waals surface area contributed by atoms with Gasteiger partial charge in [-0.2, -0.15) is 0 Å². The van der Waals surface area contributed by atoms with E-state index in [0.29, 0.717) is 17.7 Å². The molecular formula is C16H14O2S2. The van der Waals surface area contributed by atoms with Gasteiger partial charge in [-0.15, -0.1) is 11.3 Å². The summed E-state index contributed by atoms with van der Waals surface area (Å²) in [6.07, 6.45) is 1.02. The molecule has 1 N–H and O–H groups in total. The van der Waals surface area contributed by atoms with Gasteiger partial charge in [0.15, 0.2) is 5.78 Å². The molecule has 0 fully saturated rings. The Balaban J connectivity index is 1.82. The normalized spacial score (nSPS) is 19.4. The Morgan fingerprint density at radius 3 is 2.55 bits per heavy atom. The first-order valence-corrected chi connectivity index (χ1v) is 8.15. The van der Waals surface area contributed by atoms with E-state index in [1.807, 2.05) is 47.8 Å². The third kappa shape index (κ3) is 2.81. The Bertz CT molecular complexity index is 630. The second-order valence-electron chi connectivity index (χ2n) is 4.75. The fraction of sp³-hybridized carbons (Fsp3) is 0.188. The van der Waals surface area contributed by atoms with Crippen LogP contribution in [0.15, 0.2) is 62.7 Å². The van der Waals surface area contributed by atoms with E-state index >= 15 is 0 Å². The molecule has 3 rings (SSSR count). The molecule has 1 heterocycles. The van der Waals surface area contributed by atoms with E-state index in [0.717, 1.165) is 9.77 Å². The Labute approximate surface area is 126 Å². The van der Waals surface area contributed by atoms with Crippen LogP contribution in [-0.2, 0) is 4.79 Å². The number of aliphatic hydroxyl groups is 1. The molecule has 1 aromatic heterocycles. The zero-order valence-corrected chi connectivity index (χ0v) is 12.4. The van der Waals surface area contributed by atoms with Gasteiger partial charge in [0.05, 0.1) is 9.11 Å². The van der Waals surface area contributed by atoms with E-state index in [-0.39, 0.29) is 17.5 Å². The average molecular weight is 302 g/mol. The molecule has 2 nitrogen and oxygen atoms in total. The van der Waals surface area contributed by atoms with Crippen LogP contribution in [0.1, 0.15) is 24.3 Å². The van der Waals surface area contributed by atoms with Crippen molar-refractivity contribution in [2.45, 2.75) is 23.0 Å². The monoisotopic (exact) mass is 302 g/mol. The highest BCUT2D eigenvalue weighted by Gasteiger charge is 2.29. The first-order valence-electron chi connectivity index (χ1n) is 6.45. The van der Waals surface area contributed by atoms with Crippen LogP contribution in [0.3, 0.4) is 0 Å². The van der Waals surface area contributed by atoms with Gasteiger partial charge in [-0.25, -0.2) is 0 Å². The van der Waals surface area contributed by atoms with Crippen molar-refractivity contribution in [2.24, 2.45) is 0 Å². The van der Waals surface area contributed by atoms with Crippen LogP contribution in [0.4, 0.5) is 0 Å². The number of aliphatic hydroxyl groups excluding tert-OH is 1. The smallest absolute Gasteiger partial charge is 0.173 e. The van der Waals surface area contributed by atoms with Gasteiger partial charge in [-0.1, -0.05) is 48.2 Å². The molecule has 1 aliphatic rings. The molecule has 0 saturated heterocycles. The number of rotatable bonds is 3. The highest BCUT2D eigenvalue weighted by Crippen LogP contribution is 2.41. The summed E-state index contributed by atoms with van der Waals surface area (Å²) in [6, 6.07) is 13.8. The summed E-state index contributed by atoms with van der Waals surface area (Å²) in [7, 11) is 0. The number of thiophene rings is 1. The van der Waals surface area contributed by atoms with Crippen molar-refractivity contribution >= 4 is 28.9 Å². The fourth-order valence-corrected chi connectivity index (χ4v) is 4.18. The van der Waals surface area contributed by atoms with Crippen molar-refractivity contribution in [1.82, 2.24) is 0 Å². The van der Waals surface area contributed by atoms with Gasteiger partial charge in [0.25, 0.3) is 0 Å². The first-order chi connectivity index (χ1) is 9.74. The largest absolute Gasteiger partial charge is 0.511 e. The van der Waals surface area contributed by atoms with Crippen LogP contribution in [-0.4, -0.2) is 10.9 Å². The average Bonchev–Trinajstić information content (AvgIpc) is 2.97. The van der Waals surface area contributed by atoms with Crippen molar-refractivity contribution < 1.29 is 9.90 Å². The van der Waals surface area contributed by atoms with Crippen molar-refractivity contribution in [3.63, 3.8) is 0 Å². The maximum Gasteiger partial charge on any atom is 0.173 e. The molecule has 4 heteroatoms. The van der Waals surface area contributed by atoms with Gasteiger partial charge in [-0.3, -0.25) is 4.79 Å². The van der Waals surface area contributed by atoms with Crippen LogP contribution >= 0.6 is 23.1 Å².